The lowest BCUT2D eigenvalue weighted by Gasteiger charge is -2.09. The van der Waals surface area contributed by atoms with Crippen LogP contribution < -0.4 is 10.5 Å². The van der Waals surface area contributed by atoms with Gasteiger partial charge in [-0.25, -0.2) is 0 Å². The lowest BCUT2D eigenvalue weighted by atomic mass is 10.1. The number of nitrogens with two attached hydrogens (primary N) is 1. The summed E-state index contributed by atoms with van der Waals surface area (Å²) in [6, 6.07) is 16.5. The molecule has 0 unspecified atom stereocenters. The summed E-state index contributed by atoms with van der Waals surface area (Å²) in [7, 11) is 3.76. The zero-order valence-corrected chi connectivity index (χ0v) is 11.8. The van der Waals surface area contributed by atoms with E-state index in [0.29, 0.717) is 6.54 Å². The number of ether oxygens (including phenoxy) is 1. The average Bonchev–Trinajstić information content (AvgIpc) is 2.80. The predicted molar refractivity (Wildman–Crippen MR) is 82.8 cm³/mol. The van der Waals surface area contributed by atoms with Crippen LogP contribution in [0, 0.1) is 0 Å². The van der Waals surface area contributed by atoms with E-state index in [-0.39, 0.29) is 0 Å². The molecular formula is C17H18N2O. The van der Waals surface area contributed by atoms with Crippen LogP contribution in [0.5, 0.6) is 5.75 Å². The van der Waals surface area contributed by atoms with Gasteiger partial charge in [0.25, 0.3) is 0 Å². The maximum Gasteiger partial charge on any atom is 0.119 e. The SMILES string of the molecule is COc1cccc(-c2c(CN)c3ccccc3n2C)c1. The van der Waals surface area contributed by atoms with Crippen LogP contribution in [0.4, 0.5) is 0 Å². The van der Waals surface area contributed by atoms with Crippen molar-refractivity contribution in [2.75, 3.05) is 7.11 Å². The van der Waals surface area contributed by atoms with Crippen LogP contribution in [0.2, 0.25) is 0 Å². The molecule has 0 atom stereocenters. The molecule has 0 aliphatic rings. The van der Waals surface area contributed by atoms with E-state index >= 15 is 0 Å². The van der Waals surface area contributed by atoms with Crippen molar-refractivity contribution in [2.24, 2.45) is 12.8 Å². The Morgan fingerprint density at radius 3 is 2.65 bits per heavy atom. The van der Waals surface area contributed by atoms with Crippen LogP contribution in [0.1, 0.15) is 5.56 Å². The van der Waals surface area contributed by atoms with Crippen molar-refractivity contribution in [1.82, 2.24) is 4.57 Å². The summed E-state index contributed by atoms with van der Waals surface area (Å²) in [5, 5.41) is 1.22. The molecule has 0 aliphatic heterocycles. The highest BCUT2D eigenvalue weighted by atomic mass is 16.5. The fourth-order valence-electron chi connectivity index (χ4n) is 2.82. The first-order chi connectivity index (χ1) is 9.76. The number of aromatic nitrogens is 1. The number of methoxy groups -OCH3 is 1. The maximum absolute atomic E-state index is 5.99. The Kier molecular flexibility index (Phi) is 3.20. The van der Waals surface area contributed by atoms with Crippen molar-refractivity contribution < 1.29 is 4.74 Å². The van der Waals surface area contributed by atoms with E-state index in [1.54, 1.807) is 7.11 Å². The Balaban J connectivity index is 2.32. The van der Waals surface area contributed by atoms with E-state index < -0.39 is 0 Å². The fourth-order valence-corrected chi connectivity index (χ4v) is 2.82. The third-order valence-electron chi connectivity index (χ3n) is 3.76. The third kappa shape index (κ3) is 1.87. The minimum atomic E-state index is 0.522. The Morgan fingerprint density at radius 1 is 1.10 bits per heavy atom. The maximum atomic E-state index is 5.99. The van der Waals surface area contributed by atoms with Crippen LogP contribution in [0.25, 0.3) is 22.2 Å². The molecule has 3 heteroatoms. The van der Waals surface area contributed by atoms with Gasteiger partial charge in [0.1, 0.15) is 5.75 Å². The Bertz CT molecular complexity index is 759. The van der Waals surface area contributed by atoms with E-state index in [9.17, 15) is 0 Å². The highest BCUT2D eigenvalue weighted by molar-refractivity contribution is 5.91. The molecule has 0 saturated carbocycles. The van der Waals surface area contributed by atoms with Crippen LogP contribution in [0.15, 0.2) is 48.5 Å². The molecule has 102 valence electrons. The van der Waals surface area contributed by atoms with Gasteiger partial charge in [0.05, 0.1) is 12.8 Å². The number of aryl methyl sites for hydroxylation is 1. The molecule has 2 aromatic carbocycles. The second kappa shape index (κ2) is 5.02. The van der Waals surface area contributed by atoms with Crippen molar-refractivity contribution >= 4 is 10.9 Å². The molecule has 0 amide bonds. The smallest absolute Gasteiger partial charge is 0.119 e. The summed E-state index contributed by atoms with van der Waals surface area (Å²) in [6.45, 7) is 0.522. The molecule has 3 nitrogen and oxygen atoms in total. The van der Waals surface area contributed by atoms with Crippen LogP contribution >= 0.6 is 0 Å². The average molecular weight is 266 g/mol. The minimum absolute atomic E-state index is 0.522. The molecule has 3 aromatic rings. The van der Waals surface area contributed by atoms with Crippen LogP contribution in [-0.2, 0) is 13.6 Å². The molecule has 1 heterocycles. The van der Waals surface area contributed by atoms with Crippen molar-refractivity contribution in [2.45, 2.75) is 6.54 Å². The summed E-state index contributed by atoms with van der Waals surface area (Å²) in [5.74, 6) is 0.857. The van der Waals surface area contributed by atoms with Gasteiger partial charge in [-0.1, -0.05) is 30.3 Å². The second-order valence-electron chi connectivity index (χ2n) is 4.84. The number of fused-ring (bicyclic) bond motifs is 1. The van der Waals surface area contributed by atoms with Gasteiger partial charge in [-0.05, 0) is 23.8 Å². The lowest BCUT2D eigenvalue weighted by molar-refractivity contribution is 0.415. The minimum Gasteiger partial charge on any atom is -0.497 e. The first-order valence-corrected chi connectivity index (χ1v) is 6.67. The van der Waals surface area contributed by atoms with Crippen LogP contribution in [0.3, 0.4) is 0 Å². The van der Waals surface area contributed by atoms with Gasteiger partial charge in [-0.15, -0.1) is 0 Å². The third-order valence-corrected chi connectivity index (χ3v) is 3.76. The first-order valence-electron chi connectivity index (χ1n) is 6.67. The number of benzene rings is 2. The molecule has 2 N–H and O–H groups in total. The molecule has 0 saturated heterocycles. The monoisotopic (exact) mass is 266 g/mol. The quantitative estimate of drug-likeness (QED) is 0.790. The van der Waals surface area contributed by atoms with Crippen LogP contribution in [-0.4, -0.2) is 11.7 Å². The van der Waals surface area contributed by atoms with Gasteiger partial charge < -0.3 is 15.0 Å². The van der Waals surface area contributed by atoms with Gasteiger partial charge in [0, 0.05) is 30.1 Å². The molecule has 1 aromatic heterocycles. The van der Waals surface area contributed by atoms with E-state index in [2.05, 4.69) is 41.9 Å². The molecule has 0 aliphatic carbocycles. The number of hydrogen-bond acceptors (Lipinski definition) is 2. The van der Waals surface area contributed by atoms with Gasteiger partial charge >= 0.3 is 0 Å². The Labute approximate surface area is 118 Å². The normalized spacial score (nSPS) is 10.9. The predicted octanol–water partition coefficient (Wildman–Crippen LogP) is 3.31. The second-order valence-corrected chi connectivity index (χ2v) is 4.84. The number of hydrogen-bond donors (Lipinski definition) is 1. The highest BCUT2D eigenvalue weighted by Crippen LogP contribution is 2.33. The number of para-hydroxylation sites is 1. The fraction of sp³-hybridized carbons (Fsp3) is 0.176. The molecule has 0 fully saturated rings. The molecular weight excluding hydrogens is 248 g/mol. The Hall–Kier alpha value is -2.26. The van der Waals surface area contributed by atoms with Gasteiger partial charge in [-0.3, -0.25) is 0 Å². The first kappa shape index (κ1) is 12.8. The molecule has 3 rings (SSSR count). The highest BCUT2D eigenvalue weighted by Gasteiger charge is 2.15. The van der Waals surface area contributed by atoms with Crippen molar-refractivity contribution in [3.05, 3.63) is 54.1 Å². The van der Waals surface area contributed by atoms with E-state index in [4.69, 9.17) is 10.5 Å². The van der Waals surface area contributed by atoms with Crippen molar-refractivity contribution in [3.63, 3.8) is 0 Å². The summed E-state index contributed by atoms with van der Waals surface area (Å²) < 4.78 is 7.52. The van der Waals surface area contributed by atoms with Crippen molar-refractivity contribution in [3.8, 4) is 17.0 Å². The zero-order chi connectivity index (χ0) is 14.1. The topological polar surface area (TPSA) is 40.2 Å². The molecule has 0 spiro atoms. The van der Waals surface area contributed by atoms with Gasteiger partial charge in [0.2, 0.25) is 0 Å². The number of rotatable bonds is 3. The van der Waals surface area contributed by atoms with Crippen molar-refractivity contribution in [1.29, 1.82) is 0 Å². The van der Waals surface area contributed by atoms with E-state index in [1.165, 1.54) is 16.5 Å². The molecule has 0 bridgehead atoms. The Morgan fingerprint density at radius 2 is 1.90 bits per heavy atom. The van der Waals surface area contributed by atoms with Gasteiger partial charge in [0.15, 0.2) is 0 Å². The summed E-state index contributed by atoms with van der Waals surface area (Å²) in [4.78, 5) is 0. The zero-order valence-electron chi connectivity index (χ0n) is 11.8. The summed E-state index contributed by atoms with van der Waals surface area (Å²) in [5.41, 5.74) is 10.7. The number of nitrogens with zero attached hydrogens (tertiary/aromatic N) is 1. The standard InChI is InChI=1S/C17H18N2O/c1-19-16-9-4-3-8-14(16)15(11-18)17(19)12-6-5-7-13(10-12)20-2/h3-10H,11,18H2,1-2H3. The molecule has 0 radical (unpaired) electrons. The molecule has 20 heavy (non-hydrogen) atoms. The summed E-state index contributed by atoms with van der Waals surface area (Å²) in [6.07, 6.45) is 0. The summed E-state index contributed by atoms with van der Waals surface area (Å²) >= 11 is 0. The van der Waals surface area contributed by atoms with E-state index in [1.807, 2.05) is 18.2 Å². The largest absolute Gasteiger partial charge is 0.497 e. The van der Waals surface area contributed by atoms with E-state index in [0.717, 1.165) is 17.0 Å². The lowest BCUT2D eigenvalue weighted by Crippen LogP contribution is -2.00. The van der Waals surface area contributed by atoms with Gasteiger partial charge in [-0.2, -0.15) is 0 Å².